The molecule has 1 aromatic heterocycles. The maximum absolute atomic E-state index is 4.45. The summed E-state index contributed by atoms with van der Waals surface area (Å²) >= 11 is 0. The van der Waals surface area contributed by atoms with Crippen LogP contribution in [0.5, 0.6) is 0 Å². The van der Waals surface area contributed by atoms with E-state index in [0.29, 0.717) is 0 Å². The van der Waals surface area contributed by atoms with Gasteiger partial charge in [0.15, 0.2) is 0 Å². The Bertz CT molecular complexity index is 291. The molecule has 3 nitrogen and oxygen atoms in total. The first-order valence-corrected chi connectivity index (χ1v) is 6.41. The molecule has 2 heterocycles. The second kappa shape index (κ2) is 7.20. The molecule has 90 valence electrons. The van der Waals surface area contributed by atoms with Crippen LogP contribution >= 0.6 is 0 Å². The Morgan fingerprint density at radius 1 is 1.06 bits per heavy atom. The largest absolute Gasteiger partial charge is 0.341 e. The van der Waals surface area contributed by atoms with Gasteiger partial charge in [-0.05, 0) is 25.8 Å². The quantitative estimate of drug-likeness (QED) is 0.729. The topological polar surface area (TPSA) is 29.0 Å². The Hall–Kier alpha value is -1.12. The lowest BCUT2D eigenvalue weighted by Gasteiger charge is -2.19. The minimum Gasteiger partial charge on any atom is -0.341 e. The summed E-state index contributed by atoms with van der Waals surface area (Å²) in [6.07, 6.45) is 7.10. The molecule has 16 heavy (non-hydrogen) atoms. The van der Waals surface area contributed by atoms with Crippen LogP contribution in [0.1, 0.15) is 45.2 Å². The molecular weight excluding hydrogens is 198 g/mol. The van der Waals surface area contributed by atoms with Crippen molar-refractivity contribution in [1.82, 2.24) is 9.97 Å². The summed E-state index contributed by atoms with van der Waals surface area (Å²) in [7, 11) is 0. The van der Waals surface area contributed by atoms with Gasteiger partial charge in [-0.25, -0.2) is 9.97 Å². The van der Waals surface area contributed by atoms with Crippen molar-refractivity contribution in [1.29, 1.82) is 0 Å². The molecule has 1 aliphatic rings. The zero-order valence-electron chi connectivity index (χ0n) is 10.7. The predicted molar refractivity (Wildman–Crippen MR) is 68.8 cm³/mol. The Kier molecular flexibility index (Phi) is 5.83. The van der Waals surface area contributed by atoms with Crippen molar-refractivity contribution in [2.24, 2.45) is 0 Å². The SMILES string of the molecule is CC.Cc1ccnc(N2CCCCCC2)n1. The standard InChI is InChI=1S/C11H17N3.C2H6/c1-10-6-7-12-11(13-10)14-8-4-2-3-5-9-14;1-2/h6-7H,2-5,8-9H2,1H3;1-2H3. The first kappa shape index (κ1) is 12.9. The van der Waals surface area contributed by atoms with E-state index in [1.54, 1.807) is 0 Å². The van der Waals surface area contributed by atoms with Crippen LogP contribution < -0.4 is 4.90 Å². The zero-order chi connectivity index (χ0) is 11.8. The highest BCUT2D eigenvalue weighted by molar-refractivity contribution is 5.29. The highest BCUT2D eigenvalue weighted by atomic mass is 15.2. The minimum absolute atomic E-state index is 0.909. The molecule has 1 aromatic rings. The fourth-order valence-corrected chi connectivity index (χ4v) is 1.86. The first-order valence-electron chi connectivity index (χ1n) is 6.41. The van der Waals surface area contributed by atoms with Crippen molar-refractivity contribution in [2.45, 2.75) is 46.5 Å². The molecule has 1 fully saturated rings. The van der Waals surface area contributed by atoms with Crippen molar-refractivity contribution in [2.75, 3.05) is 18.0 Å². The molecule has 2 rings (SSSR count). The molecule has 0 N–H and O–H groups in total. The second-order valence-corrected chi connectivity index (χ2v) is 3.90. The van der Waals surface area contributed by atoms with E-state index in [2.05, 4.69) is 14.9 Å². The average molecular weight is 221 g/mol. The van der Waals surface area contributed by atoms with Crippen molar-refractivity contribution >= 4 is 5.95 Å². The van der Waals surface area contributed by atoms with Gasteiger partial charge >= 0.3 is 0 Å². The van der Waals surface area contributed by atoms with Crippen LogP contribution in [0.3, 0.4) is 0 Å². The van der Waals surface area contributed by atoms with Gasteiger partial charge in [0.25, 0.3) is 0 Å². The van der Waals surface area contributed by atoms with Crippen LogP contribution in [-0.4, -0.2) is 23.1 Å². The third kappa shape index (κ3) is 3.80. The van der Waals surface area contributed by atoms with Crippen molar-refractivity contribution in [3.63, 3.8) is 0 Å². The van der Waals surface area contributed by atoms with Crippen LogP contribution in [0.15, 0.2) is 12.3 Å². The lowest BCUT2D eigenvalue weighted by Crippen LogP contribution is -2.26. The van der Waals surface area contributed by atoms with Crippen molar-refractivity contribution in [3.05, 3.63) is 18.0 Å². The Balaban J connectivity index is 0.000000606. The van der Waals surface area contributed by atoms with Crippen LogP contribution in [0.4, 0.5) is 5.95 Å². The fraction of sp³-hybridized carbons (Fsp3) is 0.692. The van der Waals surface area contributed by atoms with E-state index in [-0.39, 0.29) is 0 Å². The normalized spacial score (nSPS) is 16.1. The molecule has 0 aliphatic carbocycles. The maximum atomic E-state index is 4.45. The zero-order valence-corrected chi connectivity index (χ0v) is 10.7. The van der Waals surface area contributed by atoms with Crippen molar-refractivity contribution in [3.8, 4) is 0 Å². The second-order valence-electron chi connectivity index (χ2n) is 3.90. The smallest absolute Gasteiger partial charge is 0.225 e. The fourth-order valence-electron chi connectivity index (χ4n) is 1.86. The van der Waals surface area contributed by atoms with E-state index in [4.69, 9.17) is 0 Å². The predicted octanol–water partition coefficient (Wildman–Crippen LogP) is 3.19. The molecule has 0 aromatic carbocycles. The van der Waals surface area contributed by atoms with E-state index >= 15 is 0 Å². The van der Waals surface area contributed by atoms with E-state index in [0.717, 1.165) is 24.7 Å². The van der Waals surface area contributed by atoms with Gasteiger partial charge in [-0.1, -0.05) is 26.7 Å². The summed E-state index contributed by atoms with van der Waals surface area (Å²) in [6, 6.07) is 1.95. The van der Waals surface area contributed by atoms with Crippen molar-refractivity contribution < 1.29 is 0 Å². The Morgan fingerprint density at radius 3 is 2.25 bits per heavy atom. The number of nitrogens with zero attached hydrogens (tertiary/aromatic N) is 3. The Labute approximate surface area is 98.9 Å². The van der Waals surface area contributed by atoms with Gasteiger partial charge in [0.1, 0.15) is 0 Å². The third-order valence-electron chi connectivity index (χ3n) is 2.67. The van der Waals surface area contributed by atoms with Crippen LogP contribution in [0.25, 0.3) is 0 Å². The summed E-state index contributed by atoms with van der Waals surface area (Å²) in [5, 5.41) is 0. The van der Waals surface area contributed by atoms with E-state index < -0.39 is 0 Å². The molecule has 3 heteroatoms. The third-order valence-corrected chi connectivity index (χ3v) is 2.67. The molecular formula is C13H23N3. The molecule has 0 atom stereocenters. The molecule has 0 radical (unpaired) electrons. The van der Waals surface area contributed by atoms with Crippen LogP contribution in [0.2, 0.25) is 0 Å². The number of rotatable bonds is 1. The van der Waals surface area contributed by atoms with E-state index in [1.165, 1.54) is 25.7 Å². The van der Waals surface area contributed by atoms with Gasteiger partial charge in [-0.3, -0.25) is 0 Å². The highest BCUT2D eigenvalue weighted by Gasteiger charge is 2.11. The van der Waals surface area contributed by atoms with Gasteiger partial charge in [0.2, 0.25) is 5.95 Å². The summed E-state index contributed by atoms with van der Waals surface area (Å²) in [5.74, 6) is 0.909. The maximum Gasteiger partial charge on any atom is 0.225 e. The molecule has 0 spiro atoms. The van der Waals surface area contributed by atoms with Gasteiger partial charge in [-0.15, -0.1) is 0 Å². The van der Waals surface area contributed by atoms with Gasteiger partial charge in [-0.2, -0.15) is 0 Å². The first-order chi connectivity index (χ1) is 7.86. The monoisotopic (exact) mass is 221 g/mol. The van der Waals surface area contributed by atoms with E-state index in [1.807, 2.05) is 33.0 Å². The molecule has 1 aliphatic heterocycles. The Morgan fingerprint density at radius 2 is 1.69 bits per heavy atom. The van der Waals surface area contributed by atoms with Crippen LogP contribution in [0, 0.1) is 6.92 Å². The number of anilines is 1. The van der Waals surface area contributed by atoms with E-state index in [9.17, 15) is 0 Å². The molecule has 0 saturated carbocycles. The van der Waals surface area contributed by atoms with Crippen LogP contribution in [-0.2, 0) is 0 Å². The number of aryl methyl sites for hydroxylation is 1. The minimum atomic E-state index is 0.909. The average Bonchev–Trinajstić information content (AvgIpc) is 2.60. The van der Waals surface area contributed by atoms with Gasteiger partial charge in [0.05, 0.1) is 0 Å². The van der Waals surface area contributed by atoms with Gasteiger partial charge < -0.3 is 4.90 Å². The highest BCUT2D eigenvalue weighted by Crippen LogP contribution is 2.14. The summed E-state index contributed by atoms with van der Waals surface area (Å²) in [4.78, 5) is 11.1. The summed E-state index contributed by atoms with van der Waals surface area (Å²) in [5.41, 5.74) is 1.05. The number of aromatic nitrogens is 2. The summed E-state index contributed by atoms with van der Waals surface area (Å²) in [6.45, 7) is 8.25. The summed E-state index contributed by atoms with van der Waals surface area (Å²) < 4.78 is 0. The lowest BCUT2D eigenvalue weighted by atomic mass is 10.2. The number of hydrogen-bond donors (Lipinski definition) is 0. The molecule has 1 saturated heterocycles. The lowest BCUT2D eigenvalue weighted by molar-refractivity contribution is 0.726. The van der Waals surface area contributed by atoms with Gasteiger partial charge in [0, 0.05) is 25.0 Å². The molecule has 0 bridgehead atoms. The molecule has 0 unspecified atom stereocenters. The number of hydrogen-bond acceptors (Lipinski definition) is 3. The molecule has 0 amide bonds.